The average molecular weight is 329 g/mol. The Labute approximate surface area is 107 Å². The summed E-state index contributed by atoms with van der Waals surface area (Å²) in [6.07, 6.45) is 5.69. The summed E-state index contributed by atoms with van der Waals surface area (Å²) in [6, 6.07) is 4.38. The van der Waals surface area contributed by atoms with Crippen LogP contribution in [-0.2, 0) is 4.79 Å². The molecule has 0 aromatic heterocycles. The first-order chi connectivity index (χ1) is 7.61. The first kappa shape index (κ1) is 11.4. The topological polar surface area (TPSA) is 20.3 Å². The van der Waals surface area contributed by atoms with Crippen LogP contribution in [0.25, 0.3) is 0 Å². The Morgan fingerprint density at radius 1 is 1.56 bits per heavy atom. The predicted molar refractivity (Wildman–Crippen MR) is 68.4 cm³/mol. The number of hydrogen-bond acceptors (Lipinski definition) is 1. The van der Waals surface area contributed by atoms with E-state index in [0.717, 1.165) is 9.26 Å². The van der Waals surface area contributed by atoms with E-state index in [4.69, 9.17) is 6.42 Å². The lowest BCUT2D eigenvalue weighted by molar-refractivity contribution is -0.117. The molecule has 1 aromatic rings. The smallest absolute Gasteiger partial charge is 0.228 e. The Morgan fingerprint density at radius 3 is 2.88 bits per heavy atom. The van der Waals surface area contributed by atoms with Gasteiger partial charge in [-0.25, -0.2) is 4.39 Å². The van der Waals surface area contributed by atoms with Crippen molar-refractivity contribution in [1.82, 2.24) is 0 Å². The van der Waals surface area contributed by atoms with E-state index in [1.165, 1.54) is 12.1 Å². The van der Waals surface area contributed by atoms with Gasteiger partial charge in [-0.15, -0.1) is 12.3 Å². The van der Waals surface area contributed by atoms with Crippen LogP contribution in [0.5, 0.6) is 0 Å². The molecule has 0 aliphatic carbocycles. The van der Waals surface area contributed by atoms with Gasteiger partial charge in [-0.05, 0) is 40.8 Å². The third-order valence-corrected chi connectivity index (χ3v) is 3.43. The van der Waals surface area contributed by atoms with E-state index >= 15 is 0 Å². The van der Waals surface area contributed by atoms with Gasteiger partial charge in [-0.3, -0.25) is 4.79 Å². The fourth-order valence-corrected chi connectivity index (χ4v) is 2.52. The minimum Gasteiger partial charge on any atom is -0.310 e. The maximum absolute atomic E-state index is 12.9. The Morgan fingerprint density at radius 2 is 2.31 bits per heavy atom. The van der Waals surface area contributed by atoms with E-state index in [1.807, 2.05) is 22.6 Å². The molecule has 1 amide bonds. The van der Waals surface area contributed by atoms with E-state index in [1.54, 1.807) is 11.0 Å². The second-order valence-corrected chi connectivity index (χ2v) is 4.83. The van der Waals surface area contributed by atoms with Crippen molar-refractivity contribution in [2.24, 2.45) is 5.92 Å². The van der Waals surface area contributed by atoms with Crippen molar-refractivity contribution in [2.75, 3.05) is 11.4 Å². The van der Waals surface area contributed by atoms with Crippen LogP contribution >= 0.6 is 22.6 Å². The Hall–Kier alpha value is -1.09. The second-order valence-electron chi connectivity index (χ2n) is 3.67. The number of benzene rings is 1. The lowest BCUT2D eigenvalue weighted by Crippen LogP contribution is -2.25. The van der Waals surface area contributed by atoms with E-state index in [2.05, 4.69) is 5.92 Å². The quantitative estimate of drug-likeness (QED) is 0.572. The summed E-state index contributed by atoms with van der Waals surface area (Å²) in [5.74, 6) is 2.26. The first-order valence-electron chi connectivity index (χ1n) is 4.83. The van der Waals surface area contributed by atoms with Crippen LogP contribution in [0.3, 0.4) is 0 Å². The molecule has 0 radical (unpaired) electrons. The molecule has 1 aliphatic rings. The molecule has 1 unspecified atom stereocenters. The number of rotatable bonds is 1. The Bertz CT molecular complexity index is 480. The number of carbonyl (C=O) groups is 1. The number of nitrogens with zero attached hydrogens (tertiary/aromatic N) is 1. The Kier molecular flexibility index (Phi) is 3.15. The number of terminal acetylenes is 1. The van der Waals surface area contributed by atoms with Gasteiger partial charge < -0.3 is 4.90 Å². The van der Waals surface area contributed by atoms with Gasteiger partial charge in [0.1, 0.15) is 5.82 Å². The zero-order valence-corrected chi connectivity index (χ0v) is 10.6. The molecule has 1 aromatic carbocycles. The summed E-state index contributed by atoms with van der Waals surface area (Å²) in [6.45, 7) is 0.525. The van der Waals surface area contributed by atoms with E-state index in [0.29, 0.717) is 13.0 Å². The third kappa shape index (κ3) is 2.05. The minimum atomic E-state index is -0.298. The van der Waals surface area contributed by atoms with Crippen molar-refractivity contribution < 1.29 is 9.18 Å². The minimum absolute atomic E-state index is 0.00692. The number of hydrogen-bond donors (Lipinski definition) is 0. The molecule has 0 spiro atoms. The van der Waals surface area contributed by atoms with Crippen LogP contribution in [0.2, 0.25) is 0 Å². The largest absolute Gasteiger partial charge is 0.310 e. The van der Waals surface area contributed by atoms with Gasteiger partial charge in [0.15, 0.2) is 0 Å². The highest BCUT2D eigenvalue weighted by Crippen LogP contribution is 2.29. The van der Waals surface area contributed by atoms with Crippen molar-refractivity contribution >= 4 is 34.2 Å². The lowest BCUT2D eigenvalue weighted by Gasteiger charge is -2.17. The predicted octanol–water partition coefficient (Wildman–Crippen LogP) is 2.42. The van der Waals surface area contributed by atoms with Crippen molar-refractivity contribution in [3.05, 3.63) is 27.6 Å². The normalized spacial score (nSPS) is 19.9. The lowest BCUT2D eigenvalue weighted by atomic mass is 10.1. The molecule has 0 saturated carbocycles. The maximum Gasteiger partial charge on any atom is 0.228 e. The molecule has 4 heteroatoms. The number of halogens is 2. The van der Waals surface area contributed by atoms with Crippen LogP contribution in [0, 0.1) is 27.6 Å². The number of carbonyl (C=O) groups excluding carboxylic acids is 1. The second kappa shape index (κ2) is 4.42. The van der Waals surface area contributed by atoms with Crippen LogP contribution in [-0.4, -0.2) is 12.5 Å². The maximum atomic E-state index is 12.9. The fraction of sp³-hybridized carbons (Fsp3) is 0.250. The molecule has 82 valence electrons. The average Bonchev–Trinajstić information content (AvgIpc) is 2.60. The molecular weight excluding hydrogens is 320 g/mol. The standard InChI is InChI=1S/C12H9FINO/c1-2-8-5-12(16)15(7-8)11-4-3-9(13)6-10(11)14/h1,3-4,6,8H,5,7H2. The Balaban J connectivity index is 2.32. The highest BCUT2D eigenvalue weighted by atomic mass is 127. The molecule has 2 rings (SSSR count). The molecule has 1 fully saturated rings. The molecule has 0 bridgehead atoms. The summed E-state index contributed by atoms with van der Waals surface area (Å²) in [5.41, 5.74) is 0.741. The summed E-state index contributed by atoms with van der Waals surface area (Å²) in [4.78, 5) is 13.3. The highest BCUT2D eigenvalue weighted by Gasteiger charge is 2.30. The van der Waals surface area contributed by atoms with E-state index < -0.39 is 0 Å². The SMILES string of the molecule is C#CC1CC(=O)N(c2ccc(F)cc2I)C1. The van der Waals surface area contributed by atoms with Gasteiger partial charge in [-0.2, -0.15) is 0 Å². The zero-order chi connectivity index (χ0) is 11.7. The molecule has 0 N–H and O–H groups in total. The van der Waals surface area contributed by atoms with Gasteiger partial charge in [-0.1, -0.05) is 0 Å². The molecule has 2 nitrogen and oxygen atoms in total. The number of anilines is 1. The molecule has 16 heavy (non-hydrogen) atoms. The summed E-state index contributed by atoms with van der Waals surface area (Å²) < 4.78 is 13.7. The summed E-state index contributed by atoms with van der Waals surface area (Å²) >= 11 is 2.02. The third-order valence-electron chi connectivity index (χ3n) is 2.56. The van der Waals surface area contributed by atoms with Gasteiger partial charge in [0.05, 0.1) is 5.69 Å². The number of amides is 1. The van der Waals surface area contributed by atoms with Crippen LogP contribution in [0.4, 0.5) is 10.1 Å². The van der Waals surface area contributed by atoms with E-state index in [9.17, 15) is 9.18 Å². The first-order valence-corrected chi connectivity index (χ1v) is 5.91. The van der Waals surface area contributed by atoms with Gasteiger partial charge in [0.25, 0.3) is 0 Å². The highest BCUT2D eigenvalue weighted by molar-refractivity contribution is 14.1. The molecule has 1 heterocycles. The van der Waals surface area contributed by atoms with Crippen molar-refractivity contribution in [3.63, 3.8) is 0 Å². The summed E-state index contributed by atoms with van der Waals surface area (Å²) in [5, 5.41) is 0. The van der Waals surface area contributed by atoms with Gasteiger partial charge in [0, 0.05) is 22.5 Å². The van der Waals surface area contributed by atoms with E-state index in [-0.39, 0.29) is 17.6 Å². The molecule has 1 atom stereocenters. The molecule has 1 saturated heterocycles. The van der Waals surface area contributed by atoms with Crippen LogP contribution < -0.4 is 4.90 Å². The van der Waals surface area contributed by atoms with Crippen LogP contribution in [0.15, 0.2) is 18.2 Å². The van der Waals surface area contributed by atoms with Crippen molar-refractivity contribution in [3.8, 4) is 12.3 Å². The monoisotopic (exact) mass is 329 g/mol. The molecular formula is C12H9FINO. The fourth-order valence-electron chi connectivity index (χ4n) is 1.75. The summed E-state index contributed by atoms with van der Waals surface area (Å²) in [7, 11) is 0. The van der Waals surface area contributed by atoms with Crippen molar-refractivity contribution in [2.45, 2.75) is 6.42 Å². The van der Waals surface area contributed by atoms with Crippen LogP contribution in [0.1, 0.15) is 6.42 Å². The van der Waals surface area contributed by atoms with Gasteiger partial charge in [0.2, 0.25) is 5.91 Å². The van der Waals surface area contributed by atoms with Gasteiger partial charge >= 0.3 is 0 Å². The zero-order valence-electron chi connectivity index (χ0n) is 8.41. The van der Waals surface area contributed by atoms with Crippen molar-refractivity contribution in [1.29, 1.82) is 0 Å². The molecule has 1 aliphatic heterocycles.